The Balaban J connectivity index is 2.17. The smallest absolute Gasteiger partial charge is 0.279 e. The van der Waals surface area contributed by atoms with Gasteiger partial charge in [-0.2, -0.15) is 4.99 Å². The molecule has 0 unspecified atom stereocenters. The first-order valence-electron chi connectivity index (χ1n) is 7.67. The molecule has 130 valence electrons. The van der Waals surface area contributed by atoms with E-state index >= 15 is 0 Å². The van der Waals surface area contributed by atoms with Crippen LogP contribution in [0.25, 0.3) is 10.2 Å². The maximum absolute atomic E-state index is 12.5. The second-order valence-corrected chi connectivity index (χ2v) is 6.68. The summed E-state index contributed by atoms with van der Waals surface area (Å²) >= 11 is 7.39. The molecule has 0 saturated heterocycles. The molecule has 1 amide bonds. The van der Waals surface area contributed by atoms with Crippen LogP contribution in [-0.4, -0.2) is 24.7 Å². The number of ether oxygens (including phenoxy) is 2. The number of benzene rings is 2. The Bertz CT molecular complexity index is 1010. The Morgan fingerprint density at radius 3 is 2.56 bits per heavy atom. The van der Waals surface area contributed by atoms with Crippen molar-refractivity contribution >= 4 is 39.1 Å². The van der Waals surface area contributed by atoms with Gasteiger partial charge in [0.2, 0.25) is 0 Å². The number of amides is 1. The second-order valence-electron chi connectivity index (χ2n) is 5.23. The van der Waals surface area contributed by atoms with Crippen LogP contribution in [0.5, 0.6) is 11.5 Å². The molecular weight excluding hydrogens is 360 g/mol. The lowest BCUT2D eigenvalue weighted by Crippen LogP contribution is -2.15. The highest BCUT2D eigenvalue weighted by Crippen LogP contribution is 2.33. The van der Waals surface area contributed by atoms with Gasteiger partial charge in [0.15, 0.2) is 16.3 Å². The maximum Gasteiger partial charge on any atom is 0.279 e. The second kappa shape index (κ2) is 7.29. The Kier molecular flexibility index (Phi) is 5.11. The quantitative estimate of drug-likeness (QED) is 0.687. The third kappa shape index (κ3) is 3.41. The first kappa shape index (κ1) is 17.5. The molecule has 1 aromatic heterocycles. The summed E-state index contributed by atoms with van der Waals surface area (Å²) in [6.07, 6.45) is 0. The number of nitrogens with zero attached hydrogens (tertiary/aromatic N) is 2. The van der Waals surface area contributed by atoms with Crippen molar-refractivity contribution in [2.24, 2.45) is 4.99 Å². The van der Waals surface area contributed by atoms with Gasteiger partial charge in [-0.3, -0.25) is 4.79 Å². The van der Waals surface area contributed by atoms with Crippen LogP contribution in [0.3, 0.4) is 0 Å². The van der Waals surface area contributed by atoms with Gasteiger partial charge in [-0.15, -0.1) is 0 Å². The molecule has 0 bridgehead atoms. The van der Waals surface area contributed by atoms with Gasteiger partial charge in [0.05, 0.1) is 24.4 Å². The van der Waals surface area contributed by atoms with Gasteiger partial charge < -0.3 is 14.0 Å². The first-order valence-corrected chi connectivity index (χ1v) is 8.86. The highest BCUT2D eigenvalue weighted by Gasteiger charge is 2.13. The number of rotatable bonds is 4. The number of hydrogen-bond donors (Lipinski definition) is 0. The van der Waals surface area contributed by atoms with Crippen molar-refractivity contribution in [2.45, 2.75) is 13.5 Å². The van der Waals surface area contributed by atoms with Crippen molar-refractivity contribution in [3.05, 3.63) is 51.8 Å². The van der Waals surface area contributed by atoms with E-state index in [1.807, 2.05) is 23.6 Å². The summed E-state index contributed by atoms with van der Waals surface area (Å²) in [6, 6.07) is 10.6. The van der Waals surface area contributed by atoms with Gasteiger partial charge in [-0.05, 0) is 25.1 Å². The van der Waals surface area contributed by atoms with Gasteiger partial charge in [-0.1, -0.05) is 29.0 Å². The van der Waals surface area contributed by atoms with Gasteiger partial charge in [-0.25, -0.2) is 0 Å². The molecule has 0 aliphatic carbocycles. The van der Waals surface area contributed by atoms with E-state index in [0.717, 1.165) is 10.2 Å². The van der Waals surface area contributed by atoms with Gasteiger partial charge in [0, 0.05) is 29.3 Å². The van der Waals surface area contributed by atoms with E-state index < -0.39 is 0 Å². The fraction of sp³-hybridized carbons (Fsp3) is 0.222. The molecular formula is C18H17ClN2O3S. The van der Waals surface area contributed by atoms with Crippen LogP contribution in [0, 0.1) is 0 Å². The minimum absolute atomic E-state index is 0.324. The predicted molar refractivity (Wildman–Crippen MR) is 99.9 cm³/mol. The fourth-order valence-corrected chi connectivity index (χ4v) is 3.85. The average molecular weight is 377 g/mol. The molecule has 2 aromatic carbocycles. The van der Waals surface area contributed by atoms with Crippen LogP contribution in [0.4, 0.5) is 0 Å². The van der Waals surface area contributed by atoms with Crippen LogP contribution in [-0.2, 0) is 6.54 Å². The lowest BCUT2D eigenvalue weighted by molar-refractivity contribution is 0.0998. The van der Waals surface area contributed by atoms with Crippen molar-refractivity contribution in [1.82, 2.24) is 4.57 Å². The van der Waals surface area contributed by atoms with Crippen molar-refractivity contribution in [3.8, 4) is 11.5 Å². The molecule has 25 heavy (non-hydrogen) atoms. The van der Waals surface area contributed by atoms with Crippen molar-refractivity contribution in [2.75, 3.05) is 14.2 Å². The predicted octanol–water partition coefficient (Wildman–Crippen LogP) is 4.13. The van der Waals surface area contributed by atoms with E-state index in [1.54, 1.807) is 38.5 Å². The number of halogens is 1. The Hall–Kier alpha value is -2.31. The number of carbonyl (C=O) groups is 1. The van der Waals surface area contributed by atoms with Crippen LogP contribution < -0.4 is 14.3 Å². The number of aromatic nitrogens is 1. The highest BCUT2D eigenvalue weighted by molar-refractivity contribution is 7.16. The van der Waals surface area contributed by atoms with Crippen molar-refractivity contribution in [3.63, 3.8) is 0 Å². The molecule has 0 aliphatic heterocycles. The first-order chi connectivity index (χ1) is 12.1. The Morgan fingerprint density at radius 1 is 1.20 bits per heavy atom. The number of aryl methyl sites for hydroxylation is 1. The molecule has 0 radical (unpaired) electrons. The molecule has 3 aromatic rings. The summed E-state index contributed by atoms with van der Waals surface area (Å²) in [5.74, 6) is 0.963. The zero-order valence-electron chi connectivity index (χ0n) is 14.1. The van der Waals surface area contributed by atoms with Gasteiger partial charge in [0.1, 0.15) is 0 Å². The number of carbonyl (C=O) groups excluding carboxylic acids is 1. The van der Waals surface area contributed by atoms with Crippen LogP contribution in [0.15, 0.2) is 41.4 Å². The lowest BCUT2D eigenvalue weighted by atomic mass is 10.2. The minimum atomic E-state index is -0.324. The van der Waals surface area contributed by atoms with E-state index in [1.165, 1.54) is 11.3 Å². The molecule has 0 aliphatic rings. The van der Waals surface area contributed by atoms with E-state index in [-0.39, 0.29) is 5.91 Å². The third-order valence-electron chi connectivity index (χ3n) is 3.77. The summed E-state index contributed by atoms with van der Waals surface area (Å²) in [6.45, 7) is 2.68. The summed E-state index contributed by atoms with van der Waals surface area (Å²) in [4.78, 5) is 17.4. The Labute approximate surface area is 154 Å². The molecule has 0 N–H and O–H groups in total. The lowest BCUT2D eigenvalue weighted by Gasteiger charge is -2.08. The summed E-state index contributed by atoms with van der Waals surface area (Å²) in [5, 5.41) is 0.509. The van der Waals surface area contributed by atoms with Crippen molar-refractivity contribution < 1.29 is 14.3 Å². The number of methoxy groups -OCH3 is 2. The number of hydrogen-bond acceptors (Lipinski definition) is 4. The third-order valence-corrected chi connectivity index (χ3v) is 5.05. The van der Waals surface area contributed by atoms with Crippen LogP contribution in [0.1, 0.15) is 17.3 Å². The monoisotopic (exact) mass is 376 g/mol. The molecule has 0 fully saturated rings. The molecule has 1 heterocycles. The molecule has 7 heteroatoms. The Morgan fingerprint density at radius 2 is 1.92 bits per heavy atom. The highest BCUT2D eigenvalue weighted by atomic mass is 35.5. The van der Waals surface area contributed by atoms with E-state index in [4.69, 9.17) is 21.1 Å². The minimum Gasteiger partial charge on any atom is -0.493 e. The van der Waals surface area contributed by atoms with Gasteiger partial charge in [0.25, 0.3) is 5.91 Å². The molecule has 0 atom stereocenters. The summed E-state index contributed by atoms with van der Waals surface area (Å²) in [7, 11) is 3.19. The van der Waals surface area contributed by atoms with Crippen LogP contribution in [0.2, 0.25) is 5.02 Å². The fourth-order valence-electron chi connectivity index (χ4n) is 2.56. The van der Waals surface area contributed by atoms with E-state index in [0.29, 0.717) is 33.4 Å². The zero-order chi connectivity index (χ0) is 18.0. The standard InChI is InChI=1S/C18H17ClN2O3S/c1-4-21-13-9-14(23-2)15(24-3)10-16(13)25-18(21)20-17(22)11-6-5-7-12(19)8-11/h5-10H,4H2,1-3H3. The summed E-state index contributed by atoms with van der Waals surface area (Å²) < 4.78 is 13.7. The van der Waals surface area contributed by atoms with Crippen molar-refractivity contribution in [1.29, 1.82) is 0 Å². The molecule has 5 nitrogen and oxygen atoms in total. The normalized spacial score (nSPS) is 11.8. The average Bonchev–Trinajstić information content (AvgIpc) is 2.96. The van der Waals surface area contributed by atoms with Gasteiger partial charge >= 0.3 is 0 Å². The number of thiazole rings is 1. The molecule has 0 spiro atoms. The van der Waals surface area contributed by atoms with E-state index in [2.05, 4.69) is 4.99 Å². The van der Waals surface area contributed by atoms with Crippen LogP contribution >= 0.6 is 22.9 Å². The number of fused-ring (bicyclic) bond motifs is 1. The topological polar surface area (TPSA) is 52.8 Å². The van der Waals surface area contributed by atoms with E-state index in [9.17, 15) is 4.79 Å². The largest absolute Gasteiger partial charge is 0.493 e. The maximum atomic E-state index is 12.5. The zero-order valence-corrected chi connectivity index (χ0v) is 15.6. The SMILES string of the molecule is CCn1c(=NC(=O)c2cccc(Cl)c2)sc2cc(OC)c(OC)cc21. The summed E-state index contributed by atoms with van der Waals surface area (Å²) in [5.41, 5.74) is 1.41. The molecule has 3 rings (SSSR count). The molecule has 0 saturated carbocycles.